The van der Waals surface area contributed by atoms with Gasteiger partial charge in [-0.05, 0) is 24.3 Å². The average Bonchev–Trinajstić information content (AvgIpc) is 2.47. The van der Waals surface area contributed by atoms with Crippen LogP contribution in [0.25, 0.3) is 0 Å². The number of phenolic OH excluding ortho intramolecular Hbond substituents is 2. The lowest BCUT2D eigenvalue weighted by Gasteiger charge is -2.19. The quantitative estimate of drug-likeness (QED) is 0.299. The second-order valence-corrected chi connectivity index (χ2v) is 3.83. The van der Waals surface area contributed by atoms with E-state index in [-0.39, 0.29) is 11.5 Å². The molecule has 0 fully saturated rings. The van der Waals surface area contributed by atoms with Gasteiger partial charge in [-0.15, -0.1) is 0 Å². The maximum Gasteiger partial charge on any atom is 0.189 e. The molecule has 7 N–H and O–H groups in total. The van der Waals surface area contributed by atoms with E-state index in [1.54, 1.807) is 0 Å². The van der Waals surface area contributed by atoms with Crippen molar-refractivity contribution in [2.45, 2.75) is 18.3 Å². The van der Waals surface area contributed by atoms with Crippen molar-refractivity contribution in [1.29, 1.82) is 0 Å². The van der Waals surface area contributed by atoms with Crippen LogP contribution in [-0.4, -0.2) is 73.1 Å². The highest BCUT2D eigenvalue weighted by Crippen LogP contribution is 2.13. The van der Waals surface area contributed by atoms with Crippen molar-refractivity contribution in [2.75, 3.05) is 13.2 Å². The third kappa shape index (κ3) is 6.45. The minimum absolute atomic E-state index is 0.169. The van der Waals surface area contributed by atoms with Crippen molar-refractivity contribution in [3.8, 4) is 11.5 Å². The smallest absolute Gasteiger partial charge is 0.189 e. The first kappa shape index (κ1) is 18.3. The monoisotopic (exact) mass is 290 g/mol. The zero-order chi connectivity index (χ0) is 15.7. The molecule has 0 spiro atoms. The topological polar surface area (TPSA) is 159 Å². The summed E-state index contributed by atoms with van der Waals surface area (Å²) in [5.74, 6) is -0.666. The third-order valence-electron chi connectivity index (χ3n) is 2.24. The number of hydrogen-bond donors (Lipinski definition) is 7. The van der Waals surface area contributed by atoms with Crippen LogP contribution < -0.4 is 0 Å². The largest absolute Gasteiger partial charge is 0.508 e. The van der Waals surface area contributed by atoms with E-state index in [0.29, 0.717) is 0 Å². The van der Waals surface area contributed by atoms with Crippen LogP contribution in [0, 0.1) is 0 Å². The fourth-order valence-corrected chi connectivity index (χ4v) is 1.06. The molecule has 0 saturated carbocycles. The van der Waals surface area contributed by atoms with Crippen molar-refractivity contribution in [2.24, 2.45) is 0 Å². The lowest BCUT2D eigenvalue weighted by Crippen LogP contribution is -2.44. The molecule has 1 aromatic carbocycles. The zero-order valence-corrected chi connectivity index (χ0v) is 10.5. The van der Waals surface area contributed by atoms with Crippen LogP contribution >= 0.6 is 0 Å². The van der Waals surface area contributed by atoms with Crippen LogP contribution in [0.1, 0.15) is 0 Å². The maximum atomic E-state index is 10.5. The van der Waals surface area contributed by atoms with Gasteiger partial charge in [0.25, 0.3) is 0 Å². The van der Waals surface area contributed by atoms with Gasteiger partial charge < -0.3 is 35.7 Å². The Kier molecular flexibility index (Phi) is 8.45. The Hall–Kier alpha value is -1.71. The summed E-state index contributed by atoms with van der Waals surface area (Å²) in [6.45, 7) is -1.69. The maximum absolute atomic E-state index is 10.5. The number of carbonyl (C=O) groups is 1. The number of ketones is 1. The summed E-state index contributed by atoms with van der Waals surface area (Å²) in [4.78, 5) is 10.5. The van der Waals surface area contributed by atoms with Crippen molar-refractivity contribution in [1.82, 2.24) is 0 Å². The van der Waals surface area contributed by atoms with Gasteiger partial charge in [-0.2, -0.15) is 0 Å². The molecule has 0 bridgehead atoms. The second-order valence-electron chi connectivity index (χ2n) is 3.83. The molecule has 0 radical (unpaired) electrons. The molecule has 3 atom stereocenters. The van der Waals surface area contributed by atoms with Crippen LogP contribution in [0.5, 0.6) is 11.5 Å². The number of aliphatic hydroxyl groups excluding tert-OH is 5. The number of aliphatic hydroxyl groups is 5. The Morgan fingerprint density at radius 2 is 1.35 bits per heavy atom. The molecule has 0 heterocycles. The molecule has 0 aliphatic heterocycles. The van der Waals surface area contributed by atoms with Gasteiger partial charge in [-0.25, -0.2) is 0 Å². The van der Waals surface area contributed by atoms with Crippen LogP contribution in [0.4, 0.5) is 0 Å². The molecular weight excluding hydrogens is 272 g/mol. The van der Waals surface area contributed by atoms with Gasteiger partial charge in [-0.3, -0.25) is 4.79 Å². The molecule has 20 heavy (non-hydrogen) atoms. The Bertz CT molecular complexity index is 370. The number of aromatic hydroxyl groups is 2. The molecule has 0 aliphatic rings. The lowest BCUT2D eigenvalue weighted by molar-refractivity contribution is -0.142. The summed E-state index contributed by atoms with van der Waals surface area (Å²) in [6, 6.07) is 5.70. The Labute approximate surface area is 114 Å². The third-order valence-corrected chi connectivity index (χ3v) is 2.24. The first-order chi connectivity index (χ1) is 9.33. The molecule has 0 aliphatic carbocycles. The molecule has 114 valence electrons. The molecular formula is C12H18O8. The van der Waals surface area contributed by atoms with E-state index < -0.39 is 37.3 Å². The second kappa shape index (κ2) is 9.23. The molecule has 1 rings (SSSR count). The number of hydrogen-bond acceptors (Lipinski definition) is 8. The van der Waals surface area contributed by atoms with Gasteiger partial charge in [0.15, 0.2) is 5.78 Å². The molecule has 0 aromatic heterocycles. The number of Topliss-reactive ketones (excluding diaryl/α,β-unsaturated/α-hetero) is 1. The highest BCUT2D eigenvalue weighted by molar-refractivity contribution is 5.84. The fourth-order valence-electron chi connectivity index (χ4n) is 1.06. The molecule has 8 nitrogen and oxygen atoms in total. The SMILES string of the molecule is O=C(CO)C(O)C(O)C(O)CO.Oc1ccc(O)cc1. The summed E-state index contributed by atoms with van der Waals surface area (Å²) in [5, 5.41) is 60.3. The first-order valence-electron chi connectivity index (χ1n) is 5.60. The van der Waals surface area contributed by atoms with E-state index in [1.807, 2.05) is 0 Å². The van der Waals surface area contributed by atoms with Gasteiger partial charge in [0.05, 0.1) is 6.61 Å². The van der Waals surface area contributed by atoms with Crippen molar-refractivity contribution < 1.29 is 40.5 Å². The predicted molar refractivity (Wildman–Crippen MR) is 67.0 cm³/mol. The van der Waals surface area contributed by atoms with E-state index in [2.05, 4.69) is 0 Å². The highest BCUT2D eigenvalue weighted by atomic mass is 16.4. The summed E-state index contributed by atoms with van der Waals surface area (Å²) >= 11 is 0. The standard InChI is InChI=1S/C6H12O6.C6H6O2/c7-1-3(9)5(11)6(12)4(10)2-8;7-5-1-2-6(8)4-3-5/h3,5-9,11-12H,1-2H2;1-4,7-8H. The summed E-state index contributed by atoms with van der Waals surface area (Å²) in [6.07, 6.45) is -5.22. The van der Waals surface area contributed by atoms with Gasteiger partial charge in [0.2, 0.25) is 0 Å². The summed E-state index contributed by atoms with van der Waals surface area (Å²) < 4.78 is 0. The van der Waals surface area contributed by atoms with Crippen LogP contribution in [0.3, 0.4) is 0 Å². The van der Waals surface area contributed by atoms with Crippen molar-refractivity contribution in [3.63, 3.8) is 0 Å². The Morgan fingerprint density at radius 3 is 1.65 bits per heavy atom. The lowest BCUT2D eigenvalue weighted by atomic mass is 10.1. The predicted octanol–water partition coefficient (Wildman–Crippen LogP) is -2.28. The van der Waals surface area contributed by atoms with E-state index in [9.17, 15) is 4.79 Å². The average molecular weight is 290 g/mol. The van der Waals surface area contributed by atoms with E-state index in [4.69, 9.17) is 35.7 Å². The molecule has 3 unspecified atom stereocenters. The molecule has 0 saturated heterocycles. The van der Waals surface area contributed by atoms with Crippen LogP contribution in [0.15, 0.2) is 24.3 Å². The van der Waals surface area contributed by atoms with E-state index in [0.717, 1.165) is 0 Å². The van der Waals surface area contributed by atoms with Crippen LogP contribution in [-0.2, 0) is 4.79 Å². The van der Waals surface area contributed by atoms with Gasteiger partial charge in [0.1, 0.15) is 36.4 Å². The molecule has 1 aromatic rings. The van der Waals surface area contributed by atoms with Crippen molar-refractivity contribution in [3.05, 3.63) is 24.3 Å². The Balaban J connectivity index is 0.000000388. The molecule has 8 heteroatoms. The Morgan fingerprint density at radius 1 is 0.950 bits per heavy atom. The normalized spacial score (nSPS) is 14.7. The van der Waals surface area contributed by atoms with Crippen LogP contribution in [0.2, 0.25) is 0 Å². The van der Waals surface area contributed by atoms with Gasteiger partial charge >= 0.3 is 0 Å². The van der Waals surface area contributed by atoms with Gasteiger partial charge in [-0.1, -0.05) is 0 Å². The number of rotatable bonds is 5. The summed E-state index contributed by atoms with van der Waals surface area (Å²) in [5.41, 5.74) is 0. The number of phenols is 2. The minimum Gasteiger partial charge on any atom is -0.508 e. The minimum atomic E-state index is -1.86. The zero-order valence-electron chi connectivity index (χ0n) is 10.5. The van der Waals surface area contributed by atoms with E-state index in [1.165, 1.54) is 24.3 Å². The molecule has 0 amide bonds. The number of benzene rings is 1. The fraction of sp³-hybridized carbons (Fsp3) is 0.417. The first-order valence-corrected chi connectivity index (χ1v) is 5.60. The number of carbonyl (C=O) groups excluding carboxylic acids is 1. The van der Waals surface area contributed by atoms with Crippen molar-refractivity contribution >= 4 is 5.78 Å². The van der Waals surface area contributed by atoms with E-state index >= 15 is 0 Å². The summed E-state index contributed by atoms with van der Waals surface area (Å²) in [7, 11) is 0. The van der Waals surface area contributed by atoms with Gasteiger partial charge in [0, 0.05) is 0 Å². The highest BCUT2D eigenvalue weighted by Gasteiger charge is 2.28.